The van der Waals surface area contributed by atoms with Crippen LogP contribution in [-0.4, -0.2) is 63.2 Å². The molecule has 3 heteroatoms. The van der Waals surface area contributed by atoms with Crippen molar-refractivity contribution in [1.29, 1.82) is 0 Å². The molecule has 1 atom stereocenters. The second kappa shape index (κ2) is 7.46. The molecule has 0 amide bonds. The Morgan fingerprint density at radius 2 is 1.83 bits per heavy atom. The summed E-state index contributed by atoms with van der Waals surface area (Å²) >= 11 is 0. The Balaban J connectivity index is 2.59. The third kappa shape index (κ3) is 4.52. The van der Waals surface area contributed by atoms with Gasteiger partial charge in [0.2, 0.25) is 0 Å². The zero-order valence-corrected chi connectivity index (χ0v) is 13.1. The summed E-state index contributed by atoms with van der Waals surface area (Å²) in [6.45, 7) is 9.43. The van der Waals surface area contributed by atoms with Gasteiger partial charge in [0.05, 0.1) is 0 Å². The van der Waals surface area contributed by atoms with Crippen molar-refractivity contribution in [2.24, 2.45) is 5.41 Å². The molecule has 1 rings (SSSR count). The summed E-state index contributed by atoms with van der Waals surface area (Å²) in [7, 11) is 6.44. The third-order valence-electron chi connectivity index (χ3n) is 4.41. The fraction of sp³-hybridized carbons (Fsp3) is 1.00. The van der Waals surface area contributed by atoms with Crippen molar-refractivity contribution in [2.45, 2.75) is 45.6 Å². The van der Waals surface area contributed by atoms with E-state index in [0.717, 1.165) is 6.54 Å². The molecular formula is C15H33N3. The number of nitrogens with zero attached hydrogens (tertiary/aromatic N) is 2. The first-order valence-electron chi connectivity index (χ1n) is 7.56. The lowest BCUT2D eigenvalue weighted by atomic mass is 9.85. The molecule has 0 aromatic heterocycles. The van der Waals surface area contributed by atoms with E-state index in [1.165, 1.54) is 45.3 Å². The molecule has 1 saturated carbocycles. The Morgan fingerprint density at radius 1 is 1.22 bits per heavy atom. The zero-order valence-electron chi connectivity index (χ0n) is 13.1. The minimum Gasteiger partial charge on any atom is -0.319 e. The van der Waals surface area contributed by atoms with Gasteiger partial charge in [0.15, 0.2) is 0 Å². The highest BCUT2D eigenvalue weighted by Crippen LogP contribution is 2.38. The van der Waals surface area contributed by atoms with Crippen molar-refractivity contribution in [2.75, 3.05) is 47.3 Å². The largest absolute Gasteiger partial charge is 0.319 e. The summed E-state index contributed by atoms with van der Waals surface area (Å²) in [6, 6.07) is 0.652. The van der Waals surface area contributed by atoms with Crippen LogP contribution >= 0.6 is 0 Å². The molecule has 0 radical (unpaired) electrons. The van der Waals surface area contributed by atoms with Crippen LogP contribution in [0.25, 0.3) is 0 Å². The minimum atomic E-state index is 0.533. The lowest BCUT2D eigenvalue weighted by Gasteiger charge is -2.38. The number of hydrogen-bond donors (Lipinski definition) is 1. The van der Waals surface area contributed by atoms with E-state index < -0.39 is 0 Å². The molecule has 0 saturated heterocycles. The number of rotatable bonds is 8. The molecule has 1 aliphatic carbocycles. The first-order valence-corrected chi connectivity index (χ1v) is 7.56. The van der Waals surface area contributed by atoms with E-state index >= 15 is 0 Å². The van der Waals surface area contributed by atoms with Crippen molar-refractivity contribution >= 4 is 0 Å². The predicted octanol–water partition coefficient (Wildman–Crippen LogP) is 2.04. The van der Waals surface area contributed by atoms with Crippen LogP contribution in [0.2, 0.25) is 0 Å². The van der Waals surface area contributed by atoms with Crippen molar-refractivity contribution < 1.29 is 0 Å². The van der Waals surface area contributed by atoms with Gasteiger partial charge in [-0.05, 0) is 52.9 Å². The summed E-state index contributed by atoms with van der Waals surface area (Å²) < 4.78 is 0. The maximum absolute atomic E-state index is 3.42. The van der Waals surface area contributed by atoms with Gasteiger partial charge in [-0.25, -0.2) is 0 Å². The molecule has 1 fully saturated rings. The molecule has 0 heterocycles. The van der Waals surface area contributed by atoms with E-state index in [2.05, 4.69) is 50.1 Å². The highest BCUT2D eigenvalue weighted by molar-refractivity contribution is 4.90. The van der Waals surface area contributed by atoms with Crippen LogP contribution in [0.1, 0.15) is 39.5 Å². The smallest absolute Gasteiger partial charge is 0.0194 e. The summed E-state index contributed by atoms with van der Waals surface area (Å²) in [5, 5.41) is 3.42. The lowest BCUT2D eigenvalue weighted by Crippen LogP contribution is -2.48. The van der Waals surface area contributed by atoms with E-state index in [-0.39, 0.29) is 0 Å². The Morgan fingerprint density at radius 3 is 2.28 bits per heavy atom. The highest BCUT2D eigenvalue weighted by atomic mass is 15.2. The Bertz CT molecular complexity index is 222. The number of likely N-dealkylation sites (N-methyl/N-ethyl adjacent to an activating group) is 2. The first kappa shape index (κ1) is 15.9. The molecule has 1 N–H and O–H groups in total. The van der Waals surface area contributed by atoms with Crippen molar-refractivity contribution in [3.05, 3.63) is 0 Å². The van der Waals surface area contributed by atoms with Gasteiger partial charge in [-0.2, -0.15) is 0 Å². The first-order chi connectivity index (χ1) is 8.53. The van der Waals surface area contributed by atoms with Crippen molar-refractivity contribution in [1.82, 2.24) is 15.1 Å². The third-order valence-corrected chi connectivity index (χ3v) is 4.41. The molecular weight excluding hydrogens is 222 g/mol. The second-order valence-corrected chi connectivity index (χ2v) is 6.41. The standard InChI is InChI=1S/C15H33N3/c1-6-18(14(2)11-17(4)5)13-15(12-16-3)9-7-8-10-15/h14,16H,6-13H2,1-5H3. The average Bonchev–Trinajstić information content (AvgIpc) is 2.74. The minimum absolute atomic E-state index is 0.533. The molecule has 0 aliphatic heterocycles. The van der Waals surface area contributed by atoms with E-state index in [9.17, 15) is 0 Å². The monoisotopic (exact) mass is 255 g/mol. The normalized spacial score (nSPS) is 20.8. The van der Waals surface area contributed by atoms with Crippen molar-refractivity contribution in [3.8, 4) is 0 Å². The van der Waals surface area contributed by atoms with Gasteiger partial charge in [-0.1, -0.05) is 19.8 Å². The van der Waals surface area contributed by atoms with Crippen LogP contribution in [0, 0.1) is 5.41 Å². The van der Waals surface area contributed by atoms with E-state index in [1.54, 1.807) is 0 Å². The maximum atomic E-state index is 3.42. The second-order valence-electron chi connectivity index (χ2n) is 6.41. The van der Waals surface area contributed by atoms with Crippen LogP contribution in [-0.2, 0) is 0 Å². The fourth-order valence-electron chi connectivity index (χ4n) is 3.54. The molecule has 1 aliphatic rings. The van der Waals surface area contributed by atoms with Crippen LogP contribution in [0.4, 0.5) is 0 Å². The molecule has 0 aromatic rings. The maximum Gasteiger partial charge on any atom is 0.0194 e. The van der Waals surface area contributed by atoms with E-state index in [4.69, 9.17) is 0 Å². The van der Waals surface area contributed by atoms with Crippen LogP contribution < -0.4 is 5.32 Å². The van der Waals surface area contributed by atoms with Crippen LogP contribution in [0.5, 0.6) is 0 Å². The van der Waals surface area contributed by atoms with Gasteiger partial charge in [0, 0.05) is 25.7 Å². The van der Waals surface area contributed by atoms with Gasteiger partial charge in [-0.3, -0.25) is 4.90 Å². The topological polar surface area (TPSA) is 18.5 Å². The zero-order chi connectivity index (χ0) is 13.6. The Hall–Kier alpha value is -0.120. The molecule has 1 unspecified atom stereocenters. The van der Waals surface area contributed by atoms with Gasteiger partial charge in [0.25, 0.3) is 0 Å². The number of nitrogens with one attached hydrogen (secondary N) is 1. The summed E-state index contributed by atoms with van der Waals surface area (Å²) in [5.41, 5.74) is 0.533. The molecule has 0 bridgehead atoms. The lowest BCUT2D eigenvalue weighted by molar-refractivity contribution is 0.107. The van der Waals surface area contributed by atoms with Crippen LogP contribution in [0.15, 0.2) is 0 Å². The Labute approximate surface area is 114 Å². The molecule has 3 nitrogen and oxygen atoms in total. The predicted molar refractivity (Wildman–Crippen MR) is 80.1 cm³/mol. The Kier molecular flexibility index (Phi) is 6.61. The number of hydrogen-bond acceptors (Lipinski definition) is 3. The quantitative estimate of drug-likeness (QED) is 0.716. The summed E-state index contributed by atoms with van der Waals surface area (Å²) in [4.78, 5) is 4.97. The fourth-order valence-corrected chi connectivity index (χ4v) is 3.54. The van der Waals surface area contributed by atoms with Gasteiger partial charge in [-0.15, -0.1) is 0 Å². The highest BCUT2D eigenvalue weighted by Gasteiger charge is 2.35. The van der Waals surface area contributed by atoms with E-state index in [1.807, 2.05) is 0 Å². The van der Waals surface area contributed by atoms with Crippen LogP contribution in [0.3, 0.4) is 0 Å². The van der Waals surface area contributed by atoms with E-state index in [0.29, 0.717) is 11.5 Å². The van der Waals surface area contributed by atoms with Crippen molar-refractivity contribution in [3.63, 3.8) is 0 Å². The van der Waals surface area contributed by atoms with Gasteiger partial charge >= 0.3 is 0 Å². The molecule has 18 heavy (non-hydrogen) atoms. The SMILES string of the molecule is CCN(CC1(CNC)CCCC1)C(C)CN(C)C. The molecule has 108 valence electrons. The molecule has 0 aromatic carbocycles. The molecule has 0 spiro atoms. The summed E-state index contributed by atoms with van der Waals surface area (Å²) in [6.07, 6.45) is 5.64. The average molecular weight is 255 g/mol. The van der Waals surface area contributed by atoms with Gasteiger partial charge in [0.1, 0.15) is 0 Å². The summed E-state index contributed by atoms with van der Waals surface area (Å²) in [5.74, 6) is 0. The van der Waals surface area contributed by atoms with Gasteiger partial charge < -0.3 is 10.2 Å².